The molecule has 1 aliphatic heterocycles. The summed E-state index contributed by atoms with van der Waals surface area (Å²) in [7, 11) is 1.45. The highest BCUT2D eigenvalue weighted by Gasteiger charge is 2.32. The Balaban J connectivity index is 2.11. The van der Waals surface area contributed by atoms with Gasteiger partial charge in [-0.3, -0.25) is 14.5 Å². The van der Waals surface area contributed by atoms with E-state index in [1.807, 2.05) is 0 Å². The van der Waals surface area contributed by atoms with Crippen LogP contribution in [-0.2, 0) is 14.3 Å². The molecule has 1 N–H and O–H groups in total. The van der Waals surface area contributed by atoms with E-state index in [2.05, 4.69) is 0 Å². The molecule has 1 amide bonds. The fraction of sp³-hybridized carbons (Fsp3) is 0.312. The molecule has 0 spiro atoms. The van der Waals surface area contributed by atoms with Gasteiger partial charge in [-0.1, -0.05) is 30.0 Å². The van der Waals surface area contributed by atoms with Crippen molar-refractivity contribution in [3.63, 3.8) is 0 Å². The van der Waals surface area contributed by atoms with Crippen molar-refractivity contribution < 1.29 is 24.2 Å². The molecule has 0 saturated carbocycles. The van der Waals surface area contributed by atoms with Gasteiger partial charge >= 0.3 is 5.97 Å². The SMILES string of the molecule is CCOC(=O)CCN1C(=O)/C(=C/c2ccc(O)c(OC)c2)SC1=S. The average Bonchev–Trinajstić information content (AvgIpc) is 2.81. The van der Waals surface area contributed by atoms with E-state index in [0.29, 0.717) is 27.1 Å². The zero-order valence-corrected chi connectivity index (χ0v) is 14.9. The number of hydrogen-bond donors (Lipinski definition) is 1. The lowest BCUT2D eigenvalue weighted by molar-refractivity contribution is -0.143. The molecule has 24 heavy (non-hydrogen) atoms. The summed E-state index contributed by atoms with van der Waals surface area (Å²) in [5.41, 5.74) is 0.704. The number of carbonyl (C=O) groups excluding carboxylic acids is 2. The van der Waals surface area contributed by atoms with Crippen molar-refractivity contribution in [3.8, 4) is 11.5 Å². The lowest BCUT2D eigenvalue weighted by Gasteiger charge is -2.13. The molecule has 1 aromatic rings. The van der Waals surface area contributed by atoms with Gasteiger partial charge in [0.05, 0.1) is 25.0 Å². The van der Waals surface area contributed by atoms with Gasteiger partial charge in [0, 0.05) is 6.54 Å². The molecule has 8 heteroatoms. The standard InChI is InChI=1S/C16H17NO5S2/c1-3-22-14(19)6-7-17-15(20)13(24-16(17)23)9-10-4-5-11(18)12(8-10)21-2/h4-5,8-9,18H,3,6-7H2,1-2H3/b13-9-. The molecule has 128 valence electrons. The molecule has 0 aliphatic carbocycles. The van der Waals surface area contributed by atoms with E-state index in [1.54, 1.807) is 25.1 Å². The van der Waals surface area contributed by atoms with Crippen molar-refractivity contribution >= 4 is 46.3 Å². The van der Waals surface area contributed by atoms with Crippen LogP contribution in [0.2, 0.25) is 0 Å². The molecule has 0 aromatic heterocycles. The van der Waals surface area contributed by atoms with E-state index < -0.39 is 0 Å². The van der Waals surface area contributed by atoms with Gasteiger partial charge in [-0.15, -0.1) is 0 Å². The lowest BCUT2D eigenvalue weighted by Crippen LogP contribution is -2.30. The van der Waals surface area contributed by atoms with Crippen molar-refractivity contribution in [1.82, 2.24) is 4.90 Å². The van der Waals surface area contributed by atoms with Gasteiger partial charge < -0.3 is 14.6 Å². The molecule has 0 radical (unpaired) electrons. The number of phenols is 1. The molecule has 6 nitrogen and oxygen atoms in total. The van der Waals surface area contributed by atoms with E-state index in [1.165, 1.54) is 29.8 Å². The Morgan fingerprint density at radius 3 is 2.88 bits per heavy atom. The summed E-state index contributed by atoms with van der Waals surface area (Å²) < 4.78 is 10.3. The zero-order valence-electron chi connectivity index (χ0n) is 13.3. The van der Waals surface area contributed by atoms with Gasteiger partial charge in [0.25, 0.3) is 5.91 Å². The first kappa shape index (κ1) is 18.3. The van der Waals surface area contributed by atoms with Crippen LogP contribution < -0.4 is 4.74 Å². The highest BCUT2D eigenvalue weighted by Crippen LogP contribution is 2.34. The van der Waals surface area contributed by atoms with E-state index >= 15 is 0 Å². The smallest absolute Gasteiger partial charge is 0.307 e. The van der Waals surface area contributed by atoms with Crippen LogP contribution in [0.25, 0.3) is 6.08 Å². The third-order valence-corrected chi connectivity index (χ3v) is 4.60. The third-order valence-electron chi connectivity index (χ3n) is 3.22. The molecule has 1 heterocycles. The summed E-state index contributed by atoms with van der Waals surface area (Å²) in [5.74, 6) is -0.265. The van der Waals surface area contributed by atoms with Crippen LogP contribution in [-0.4, -0.2) is 46.5 Å². The molecule has 1 aromatic carbocycles. The molecule has 0 bridgehead atoms. The van der Waals surface area contributed by atoms with E-state index in [0.717, 1.165) is 0 Å². The number of phenolic OH excluding ortho intramolecular Hbond substituents is 1. The van der Waals surface area contributed by atoms with Crippen molar-refractivity contribution in [2.24, 2.45) is 0 Å². The second-order valence-corrected chi connectivity index (χ2v) is 6.50. The summed E-state index contributed by atoms with van der Waals surface area (Å²) in [6.07, 6.45) is 1.77. The monoisotopic (exact) mass is 367 g/mol. The predicted molar refractivity (Wildman–Crippen MR) is 95.8 cm³/mol. The van der Waals surface area contributed by atoms with E-state index in [4.69, 9.17) is 21.7 Å². The average molecular weight is 367 g/mol. The second-order valence-electron chi connectivity index (χ2n) is 4.82. The van der Waals surface area contributed by atoms with Gasteiger partial charge in [0.2, 0.25) is 0 Å². The number of rotatable bonds is 6. The van der Waals surface area contributed by atoms with Crippen LogP contribution in [0.3, 0.4) is 0 Å². The molecular weight excluding hydrogens is 350 g/mol. The maximum absolute atomic E-state index is 12.4. The number of methoxy groups -OCH3 is 1. The van der Waals surface area contributed by atoms with Crippen molar-refractivity contribution in [2.45, 2.75) is 13.3 Å². The van der Waals surface area contributed by atoms with E-state index in [-0.39, 0.29) is 30.6 Å². The van der Waals surface area contributed by atoms with Crippen LogP contribution in [0.1, 0.15) is 18.9 Å². The topological polar surface area (TPSA) is 76.1 Å². The minimum Gasteiger partial charge on any atom is -0.504 e. The van der Waals surface area contributed by atoms with Crippen molar-refractivity contribution in [2.75, 3.05) is 20.3 Å². The Morgan fingerprint density at radius 1 is 1.46 bits per heavy atom. The minimum atomic E-state index is -0.362. The summed E-state index contributed by atoms with van der Waals surface area (Å²) >= 11 is 6.38. The van der Waals surface area contributed by atoms with Crippen LogP contribution in [0.4, 0.5) is 0 Å². The van der Waals surface area contributed by atoms with Gasteiger partial charge in [-0.25, -0.2) is 0 Å². The number of thioether (sulfide) groups is 1. The third kappa shape index (κ3) is 4.27. The summed E-state index contributed by atoms with van der Waals surface area (Å²) in [6, 6.07) is 4.79. The summed E-state index contributed by atoms with van der Waals surface area (Å²) in [6.45, 7) is 2.23. The molecule has 0 atom stereocenters. The fourth-order valence-corrected chi connectivity index (χ4v) is 3.37. The first-order valence-electron chi connectivity index (χ1n) is 7.24. The quantitative estimate of drug-likeness (QED) is 0.470. The lowest BCUT2D eigenvalue weighted by atomic mass is 10.2. The number of thiocarbonyl (C=S) groups is 1. The van der Waals surface area contributed by atoms with Gasteiger partial charge in [-0.05, 0) is 30.7 Å². The largest absolute Gasteiger partial charge is 0.504 e. The number of hydrogen-bond acceptors (Lipinski definition) is 7. The highest BCUT2D eigenvalue weighted by atomic mass is 32.2. The Hall–Kier alpha value is -2.06. The first-order chi connectivity index (χ1) is 11.5. The Morgan fingerprint density at radius 2 is 2.21 bits per heavy atom. The van der Waals surface area contributed by atoms with Crippen molar-refractivity contribution in [3.05, 3.63) is 28.7 Å². The number of ether oxygens (including phenoxy) is 2. The van der Waals surface area contributed by atoms with Crippen LogP contribution in [0.15, 0.2) is 23.1 Å². The molecular formula is C16H17NO5S2. The molecule has 1 fully saturated rings. The molecule has 0 unspecified atom stereocenters. The first-order valence-corrected chi connectivity index (χ1v) is 8.46. The summed E-state index contributed by atoms with van der Waals surface area (Å²) in [4.78, 5) is 25.7. The molecule has 1 aliphatic rings. The van der Waals surface area contributed by atoms with E-state index in [9.17, 15) is 14.7 Å². The maximum Gasteiger partial charge on any atom is 0.307 e. The predicted octanol–water partition coefficient (Wildman–Crippen LogP) is 2.56. The number of aromatic hydroxyl groups is 1. The Labute approximate surface area is 149 Å². The molecule has 1 saturated heterocycles. The Bertz CT molecular complexity index is 702. The minimum absolute atomic E-state index is 0.0247. The van der Waals surface area contributed by atoms with Crippen LogP contribution in [0.5, 0.6) is 11.5 Å². The van der Waals surface area contributed by atoms with Gasteiger partial charge in [0.15, 0.2) is 11.5 Å². The van der Waals surface area contributed by atoms with Crippen LogP contribution in [0, 0.1) is 0 Å². The fourth-order valence-electron chi connectivity index (χ4n) is 2.06. The molecule has 2 rings (SSSR count). The van der Waals surface area contributed by atoms with Gasteiger partial charge in [0.1, 0.15) is 4.32 Å². The number of carbonyl (C=O) groups is 2. The normalized spacial score (nSPS) is 15.9. The second kappa shape index (κ2) is 8.16. The maximum atomic E-state index is 12.4. The van der Waals surface area contributed by atoms with Crippen molar-refractivity contribution in [1.29, 1.82) is 0 Å². The highest BCUT2D eigenvalue weighted by molar-refractivity contribution is 8.26. The number of esters is 1. The van der Waals surface area contributed by atoms with Crippen LogP contribution >= 0.6 is 24.0 Å². The van der Waals surface area contributed by atoms with Gasteiger partial charge in [-0.2, -0.15) is 0 Å². The number of nitrogens with zero attached hydrogens (tertiary/aromatic N) is 1. The number of benzene rings is 1. The Kier molecular flexibility index (Phi) is 6.22. The number of amides is 1. The zero-order chi connectivity index (χ0) is 17.7. The summed E-state index contributed by atoms with van der Waals surface area (Å²) in [5, 5.41) is 9.61.